The molecule has 0 fully saturated rings. The molecule has 4 aromatic rings. The van der Waals surface area contributed by atoms with Crippen LogP contribution in [0, 0.1) is 6.92 Å². The van der Waals surface area contributed by atoms with Crippen molar-refractivity contribution in [3.05, 3.63) is 84.3 Å². The van der Waals surface area contributed by atoms with Crippen LogP contribution in [0.5, 0.6) is 0 Å². The van der Waals surface area contributed by atoms with Crippen LogP contribution in [0.25, 0.3) is 16.9 Å². The van der Waals surface area contributed by atoms with Gasteiger partial charge in [0.05, 0.1) is 28.8 Å². The number of benzene rings is 2. The Morgan fingerprint density at radius 1 is 1.08 bits per heavy atom. The molecule has 2 aromatic carbocycles. The molecule has 2 aromatic heterocycles. The van der Waals surface area contributed by atoms with Crippen LogP contribution in [-0.2, 0) is 0 Å². The van der Waals surface area contributed by atoms with Crippen molar-refractivity contribution in [2.24, 2.45) is 0 Å². The number of aromatic amines is 1. The summed E-state index contributed by atoms with van der Waals surface area (Å²) in [6.45, 7) is 1.88. The standard InChI is InChI=1S/C20H17N5O/c1-14-18(13-22-25(14)17-8-3-2-4-9-17)20(26)23-16-7-5-6-15(12-16)19-10-11-21-24-19/h2-13H,1H3,(H,21,24)(H,23,26). The molecule has 0 atom stereocenters. The first-order chi connectivity index (χ1) is 12.7. The van der Waals surface area contributed by atoms with Gasteiger partial charge in [0, 0.05) is 17.4 Å². The van der Waals surface area contributed by atoms with Gasteiger partial charge in [-0.15, -0.1) is 0 Å². The van der Waals surface area contributed by atoms with Crippen molar-refractivity contribution >= 4 is 11.6 Å². The van der Waals surface area contributed by atoms with Gasteiger partial charge in [0.2, 0.25) is 0 Å². The van der Waals surface area contributed by atoms with E-state index in [4.69, 9.17) is 0 Å². The fourth-order valence-electron chi connectivity index (χ4n) is 2.84. The van der Waals surface area contributed by atoms with E-state index in [2.05, 4.69) is 20.6 Å². The van der Waals surface area contributed by atoms with Crippen LogP contribution in [0.1, 0.15) is 16.1 Å². The highest BCUT2D eigenvalue weighted by Gasteiger charge is 2.15. The molecule has 0 aliphatic rings. The predicted octanol–water partition coefficient (Wildman–Crippen LogP) is 3.82. The maximum atomic E-state index is 12.7. The lowest BCUT2D eigenvalue weighted by Gasteiger charge is -2.08. The number of nitrogens with zero attached hydrogens (tertiary/aromatic N) is 3. The number of H-pyrrole nitrogens is 1. The number of aromatic nitrogens is 4. The topological polar surface area (TPSA) is 75.6 Å². The molecule has 2 N–H and O–H groups in total. The average molecular weight is 343 g/mol. The molecule has 6 heteroatoms. The molecule has 0 aliphatic carbocycles. The zero-order valence-corrected chi connectivity index (χ0v) is 14.2. The second kappa shape index (κ2) is 6.68. The van der Waals surface area contributed by atoms with Crippen molar-refractivity contribution in [2.75, 3.05) is 5.32 Å². The zero-order valence-electron chi connectivity index (χ0n) is 14.2. The van der Waals surface area contributed by atoms with Gasteiger partial charge in [-0.3, -0.25) is 9.89 Å². The van der Waals surface area contributed by atoms with Crippen molar-refractivity contribution in [1.29, 1.82) is 0 Å². The summed E-state index contributed by atoms with van der Waals surface area (Å²) in [5, 5.41) is 14.2. The monoisotopic (exact) mass is 343 g/mol. The van der Waals surface area contributed by atoms with Gasteiger partial charge in [-0.2, -0.15) is 10.2 Å². The molecule has 1 amide bonds. The van der Waals surface area contributed by atoms with Gasteiger partial charge < -0.3 is 5.32 Å². The van der Waals surface area contributed by atoms with Crippen LogP contribution in [0.3, 0.4) is 0 Å². The third-order valence-corrected chi connectivity index (χ3v) is 4.19. The summed E-state index contributed by atoms with van der Waals surface area (Å²) in [7, 11) is 0. The molecular formula is C20H17N5O. The van der Waals surface area contributed by atoms with Crippen LogP contribution >= 0.6 is 0 Å². The molecule has 0 saturated carbocycles. The molecule has 2 heterocycles. The van der Waals surface area contributed by atoms with Gasteiger partial charge in [-0.25, -0.2) is 4.68 Å². The number of carbonyl (C=O) groups excluding carboxylic acids is 1. The van der Waals surface area contributed by atoms with Crippen molar-refractivity contribution in [3.8, 4) is 16.9 Å². The summed E-state index contributed by atoms with van der Waals surface area (Å²) in [6, 6.07) is 19.2. The van der Waals surface area contributed by atoms with Crippen molar-refractivity contribution in [1.82, 2.24) is 20.0 Å². The number of rotatable bonds is 4. The first-order valence-electron chi connectivity index (χ1n) is 8.23. The SMILES string of the molecule is Cc1c(C(=O)Nc2cccc(-c3ccn[nH]3)c2)cnn1-c1ccccc1. The zero-order chi connectivity index (χ0) is 17.9. The Labute approximate surface area is 150 Å². The summed E-state index contributed by atoms with van der Waals surface area (Å²) in [5.74, 6) is -0.188. The van der Waals surface area contributed by atoms with E-state index in [1.807, 2.05) is 67.6 Å². The first kappa shape index (κ1) is 15.8. The summed E-state index contributed by atoms with van der Waals surface area (Å²) >= 11 is 0. The van der Waals surface area contributed by atoms with E-state index in [9.17, 15) is 4.79 Å². The van der Waals surface area contributed by atoms with Gasteiger partial charge in [-0.1, -0.05) is 30.3 Å². The third kappa shape index (κ3) is 3.00. The number of para-hydroxylation sites is 1. The number of hydrogen-bond acceptors (Lipinski definition) is 3. The van der Waals surface area contributed by atoms with E-state index in [1.165, 1.54) is 0 Å². The minimum absolute atomic E-state index is 0.188. The molecule has 0 bridgehead atoms. The van der Waals surface area contributed by atoms with E-state index >= 15 is 0 Å². The normalized spacial score (nSPS) is 10.7. The Kier molecular flexibility index (Phi) is 4.07. The van der Waals surface area contributed by atoms with Gasteiger partial charge >= 0.3 is 0 Å². The Hall–Kier alpha value is -3.67. The Morgan fingerprint density at radius 3 is 2.69 bits per heavy atom. The summed E-state index contributed by atoms with van der Waals surface area (Å²) < 4.78 is 1.76. The molecule has 0 spiro atoms. The smallest absolute Gasteiger partial charge is 0.259 e. The van der Waals surface area contributed by atoms with Crippen LogP contribution in [0.15, 0.2) is 73.1 Å². The minimum atomic E-state index is -0.188. The highest BCUT2D eigenvalue weighted by atomic mass is 16.1. The van der Waals surface area contributed by atoms with Crippen molar-refractivity contribution in [2.45, 2.75) is 6.92 Å². The highest BCUT2D eigenvalue weighted by Crippen LogP contribution is 2.21. The molecule has 0 radical (unpaired) electrons. The largest absolute Gasteiger partial charge is 0.322 e. The van der Waals surface area contributed by atoms with Gasteiger partial charge in [0.1, 0.15) is 0 Å². The van der Waals surface area contributed by atoms with Crippen LogP contribution < -0.4 is 5.32 Å². The Balaban J connectivity index is 1.58. The summed E-state index contributed by atoms with van der Waals surface area (Å²) in [6.07, 6.45) is 3.29. The lowest BCUT2D eigenvalue weighted by molar-refractivity contribution is 0.102. The lowest BCUT2D eigenvalue weighted by atomic mass is 10.1. The maximum absolute atomic E-state index is 12.7. The van der Waals surface area contributed by atoms with Crippen LogP contribution in [-0.4, -0.2) is 25.9 Å². The van der Waals surface area contributed by atoms with E-state index in [-0.39, 0.29) is 5.91 Å². The molecular weight excluding hydrogens is 326 g/mol. The van der Waals surface area contributed by atoms with Crippen molar-refractivity contribution in [3.63, 3.8) is 0 Å². The van der Waals surface area contributed by atoms with Gasteiger partial charge in [-0.05, 0) is 37.3 Å². The quantitative estimate of drug-likeness (QED) is 0.591. The molecule has 0 unspecified atom stereocenters. The highest BCUT2D eigenvalue weighted by molar-refractivity contribution is 6.05. The van der Waals surface area contributed by atoms with Gasteiger partial charge in [0.25, 0.3) is 5.91 Å². The lowest BCUT2D eigenvalue weighted by Crippen LogP contribution is -2.13. The number of hydrogen-bond donors (Lipinski definition) is 2. The molecule has 0 aliphatic heterocycles. The first-order valence-corrected chi connectivity index (χ1v) is 8.23. The maximum Gasteiger partial charge on any atom is 0.259 e. The van der Waals surface area contributed by atoms with E-state index in [0.29, 0.717) is 11.3 Å². The average Bonchev–Trinajstić information content (AvgIpc) is 3.32. The summed E-state index contributed by atoms with van der Waals surface area (Å²) in [5.41, 5.74) is 4.82. The number of carbonyl (C=O) groups is 1. The van der Waals surface area contributed by atoms with E-state index < -0.39 is 0 Å². The Bertz CT molecular complexity index is 1040. The molecule has 0 saturated heterocycles. The molecule has 4 rings (SSSR count). The number of anilines is 1. The number of nitrogens with one attached hydrogen (secondary N) is 2. The van der Waals surface area contributed by atoms with E-state index in [1.54, 1.807) is 17.1 Å². The van der Waals surface area contributed by atoms with Crippen LogP contribution in [0.2, 0.25) is 0 Å². The minimum Gasteiger partial charge on any atom is -0.322 e. The molecule has 6 nitrogen and oxygen atoms in total. The van der Waals surface area contributed by atoms with Gasteiger partial charge in [0.15, 0.2) is 0 Å². The fourth-order valence-corrected chi connectivity index (χ4v) is 2.84. The Morgan fingerprint density at radius 2 is 1.92 bits per heavy atom. The fraction of sp³-hybridized carbons (Fsp3) is 0.0500. The second-order valence-corrected chi connectivity index (χ2v) is 5.90. The number of amides is 1. The van der Waals surface area contributed by atoms with Crippen molar-refractivity contribution < 1.29 is 4.79 Å². The third-order valence-electron chi connectivity index (χ3n) is 4.19. The summed E-state index contributed by atoms with van der Waals surface area (Å²) in [4.78, 5) is 12.7. The predicted molar refractivity (Wildman–Crippen MR) is 100 cm³/mol. The second-order valence-electron chi connectivity index (χ2n) is 5.90. The molecule has 26 heavy (non-hydrogen) atoms. The molecule has 128 valence electrons. The van der Waals surface area contributed by atoms with E-state index in [0.717, 1.165) is 22.6 Å². The van der Waals surface area contributed by atoms with Crippen LogP contribution in [0.4, 0.5) is 5.69 Å².